The van der Waals surface area contributed by atoms with Crippen LogP contribution in [0, 0.1) is 5.41 Å². The lowest BCUT2D eigenvalue weighted by Crippen LogP contribution is -2.31. The first-order valence-electron chi connectivity index (χ1n) is 12.6. The van der Waals surface area contributed by atoms with E-state index in [9.17, 15) is 8.42 Å². The highest BCUT2D eigenvalue weighted by Crippen LogP contribution is 2.35. The van der Waals surface area contributed by atoms with E-state index in [0.717, 1.165) is 27.9 Å². The van der Waals surface area contributed by atoms with Crippen molar-refractivity contribution in [2.24, 2.45) is 5.73 Å². The van der Waals surface area contributed by atoms with Crippen LogP contribution in [0.4, 0.5) is 11.4 Å². The minimum Gasteiger partial charge on any atom is -0.493 e. The molecule has 0 aliphatic rings. The molecule has 9 heteroatoms. The van der Waals surface area contributed by atoms with Crippen LogP contribution < -0.4 is 24.8 Å². The predicted molar refractivity (Wildman–Crippen MR) is 161 cm³/mol. The molecule has 4 rings (SSSR count). The number of hydrogen-bond donors (Lipinski definition) is 3. The van der Waals surface area contributed by atoms with E-state index in [1.807, 2.05) is 95.9 Å². The van der Waals surface area contributed by atoms with Crippen molar-refractivity contribution in [3.8, 4) is 11.5 Å². The standard InChI is InChI=1S/C31H32N4O4S/c1-38-30-22-28(16-17-29(30)39-23-25-10-6-3-7-11-25)35(27-14-12-26(13-15-27)31(32)33)20-19-34-40(36,37)21-18-24-8-4-2-5-9-24/h2-18,21-22,34H,19-20,23H2,1H3,(H3,32,33). The molecule has 0 heterocycles. The van der Waals surface area contributed by atoms with Crippen LogP contribution in [0.15, 0.2) is 109 Å². The topological polar surface area (TPSA) is 118 Å². The van der Waals surface area contributed by atoms with Gasteiger partial charge in [-0.05, 0) is 53.6 Å². The first kappa shape index (κ1) is 28.4. The Morgan fingerprint density at radius 1 is 0.900 bits per heavy atom. The fraction of sp³-hybridized carbons (Fsp3) is 0.129. The highest BCUT2D eigenvalue weighted by molar-refractivity contribution is 7.92. The lowest BCUT2D eigenvalue weighted by atomic mass is 10.1. The molecular weight excluding hydrogens is 524 g/mol. The van der Waals surface area contributed by atoms with Crippen molar-refractivity contribution in [3.63, 3.8) is 0 Å². The lowest BCUT2D eigenvalue weighted by molar-refractivity contribution is 0.284. The number of nitrogen functional groups attached to an aromatic ring is 1. The van der Waals surface area contributed by atoms with Crippen LogP contribution in [0.2, 0.25) is 0 Å². The number of benzene rings is 4. The molecule has 0 atom stereocenters. The number of rotatable bonds is 13. The van der Waals surface area contributed by atoms with Crippen molar-refractivity contribution in [2.45, 2.75) is 6.61 Å². The number of hydrogen-bond acceptors (Lipinski definition) is 6. The molecule has 4 aromatic rings. The number of nitrogens with two attached hydrogens (primary N) is 1. The Morgan fingerprint density at radius 3 is 2.20 bits per heavy atom. The maximum Gasteiger partial charge on any atom is 0.233 e. The molecule has 0 spiro atoms. The number of sulfonamides is 1. The molecule has 0 radical (unpaired) electrons. The fourth-order valence-electron chi connectivity index (χ4n) is 3.99. The molecule has 4 aromatic carbocycles. The van der Waals surface area contributed by atoms with Gasteiger partial charge < -0.3 is 20.1 Å². The number of ether oxygens (including phenoxy) is 2. The molecule has 206 valence electrons. The Bertz CT molecular complexity index is 1540. The predicted octanol–water partition coefficient (Wildman–Crippen LogP) is 5.29. The van der Waals surface area contributed by atoms with Gasteiger partial charge >= 0.3 is 0 Å². The van der Waals surface area contributed by atoms with Crippen LogP contribution in [0.1, 0.15) is 16.7 Å². The summed E-state index contributed by atoms with van der Waals surface area (Å²) < 4.78 is 39.5. The third-order valence-electron chi connectivity index (χ3n) is 6.06. The van der Waals surface area contributed by atoms with Crippen LogP contribution in [0.25, 0.3) is 6.08 Å². The summed E-state index contributed by atoms with van der Waals surface area (Å²) in [6.07, 6.45) is 1.56. The van der Waals surface area contributed by atoms with Crippen LogP contribution in [-0.2, 0) is 16.6 Å². The first-order valence-corrected chi connectivity index (χ1v) is 14.2. The summed E-state index contributed by atoms with van der Waals surface area (Å²) in [7, 11) is -2.08. The molecule has 0 aromatic heterocycles. The molecule has 0 saturated carbocycles. The highest BCUT2D eigenvalue weighted by Gasteiger charge is 2.15. The van der Waals surface area contributed by atoms with Gasteiger partial charge in [0.2, 0.25) is 10.0 Å². The molecule has 8 nitrogen and oxygen atoms in total. The van der Waals surface area contributed by atoms with Gasteiger partial charge in [0.25, 0.3) is 0 Å². The summed E-state index contributed by atoms with van der Waals surface area (Å²) in [6.45, 7) is 0.862. The number of methoxy groups -OCH3 is 1. The Morgan fingerprint density at radius 2 is 1.55 bits per heavy atom. The molecule has 0 saturated heterocycles. The van der Waals surface area contributed by atoms with Gasteiger partial charge in [-0.25, -0.2) is 13.1 Å². The number of amidine groups is 1. The Labute approximate surface area is 235 Å². The first-order chi connectivity index (χ1) is 19.3. The summed E-state index contributed by atoms with van der Waals surface area (Å²) in [4.78, 5) is 1.96. The fourth-order valence-corrected chi connectivity index (χ4v) is 4.80. The SMILES string of the molecule is COc1cc(N(CCNS(=O)(=O)C=Cc2ccccc2)c2ccc(C(=N)N)cc2)ccc1OCc1ccccc1. The summed E-state index contributed by atoms with van der Waals surface area (Å²) >= 11 is 0. The monoisotopic (exact) mass is 556 g/mol. The second-order valence-corrected chi connectivity index (χ2v) is 10.5. The third kappa shape index (κ3) is 7.95. The number of nitrogens with one attached hydrogen (secondary N) is 2. The number of nitrogens with zero attached hydrogens (tertiary/aromatic N) is 1. The maximum absolute atomic E-state index is 12.6. The summed E-state index contributed by atoms with van der Waals surface area (Å²) in [5.41, 5.74) is 9.63. The Hall–Kier alpha value is -4.60. The minimum absolute atomic E-state index is 0.0300. The number of anilines is 2. The van der Waals surface area contributed by atoms with Crippen LogP contribution in [0.5, 0.6) is 11.5 Å². The molecule has 40 heavy (non-hydrogen) atoms. The zero-order valence-electron chi connectivity index (χ0n) is 22.2. The highest BCUT2D eigenvalue weighted by atomic mass is 32.2. The van der Waals surface area contributed by atoms with E-state index in [2.05, 4.69) is 4.72 Å². The largest absolute Gasteiger partial charge is 0.493 e. The maximum atomic E-state index is 12.6. The summed E-state index contributed by atoms with van der Waals surface area (Å²) in [5, 5.41) is 8.85. The van der Waals surface area contributed by atoms with E-state index in [4.69, 9.17) is 20.6 Å². The van der Waals surface area contributed by atoms with Gasteiger partial charge in [-0.15, -0.1) is 0 Å². The Balaban J connectivity index is 1.53. The van der Waals surface area contributed by atoms with Gasteiger partial charge in [-0.2, -0.15) is 0 Å². The average Bonchev–Trinajstić information content (AvgIpc) is 2.98. The molecule has 4 N–H and O–H groups in total. The smallest absolute Gasteiger partial charge is 0.233 e. The van der Waals surface area contributed by atoms with E-state index in [0.29, 0.717) is 30.2 Å². The van der Waals surface area contributed by atoms with Crippen molar-refractivity contribution in [3.05, 3.63) is 125 Å². The summed E-state index contributed by atoms with van der Waals surface area (Å²) in [5.74, 6) is 1.11. The average molecular weight is 557 g/mol. The van der Waals surface area contributed by atoms with Crippen LogP contribution >= 0.6 is 0 Å². The minimum atomic E-state index is -3.66. The molecule has 0 aliphatic carbocycles. The van der Waals surface area contributed by atoms with E-state index in [1.165, 1.54) is 0 Å². The quantitative estimate of drug-likeness (QED) is 0.152. The van der Waals surface area contributed by atoms with E-state index >= 15 is 0 Å². The van der Waals surface area contributed by atoms with Crippen LogP contribution in [0.3, 0.4) is 0 Å². The zero-order chi connectivity index (χ0) is 28.4. The van der Waals surface area contributed by atoms with E-state index < -0.39 is 10.0 Å². The molecule has 0 unspecified atom stereocenters. The normalized spacial score (nSPS) is 11.3. The molecule has 0 fully saturated rings. The zero-order valence-corrected chi connectivity index (χ0v) is 23.0. The Kier molecular flexibility index (Phi) is 9.56. The van der Waals surface area contributed by atoms with Gasteiger partial charge in [0.15, 0.2) is 11.5 Å². The second-order valence-electron chi connectivity index (χ2n) is 8.87. The summed E-state index contributed by atoms with van der Waals surface area (Å²) in [6, 6.07) is 31.9. The third-order valence-corrected chi connectivity index (χ3v) is 7.16. The van der Waals surface area contributed by atoms with Gasteiger partial charge in [-0.1, -0.05) is 60.7 Å². The van der Waals surface area contributed by atoms with E-state index in [1.54, 1.807) is 25.3 Å². The second kappa shape index (κ2) is 13.5. The van der Waals surface area contributed by atoms with Crippen molar-refractivity contribution >= 4 is 33.3 Å². The molecule has 0 aliphatic heterocycles. The lowest BCUT2D eigenvalue weighted by Gasteiger charge is -2.26. The van der Waals surface area contributed by atoms with Gasteiger partial charge in [0, 0.05) is 41.5 Å². The van der Waals surface area contributed by atoms with Gasteiger partial charge in [0.05, 0.1) is 7.11 Å². The van der Waals surface area contributed by atoms with Crippen LogP contribution in [-0.4, -0.2) is 34.5 Å². The van der Waals surface area contributed by atoms with Crippen molar-refractivity contribution in [1.29, 1.82) is 5.41 Å². The molecule has 0 bridgehead atoms. The molecular formula is C31H32N4O4S. The van der Waals surface area contributed by atoms with Crippen molar-refractivity contribution in [2.75, 3.05) is 25.1 Å². The van der Waals surface area contributed by atoms with Gasteiger partial charge in [-0.3, -0.25) is 5.41 Å². The van der Waals surface area contributed by atoms with Crippen molar-refractivity contribution in [1.82, 2.24) is 4.72 Å². The van der Waals surface area contributed by atoms with Gasteiger partial charge in [0.1, 0.15) is 12.4 Å². The van der Waals surface area contributed by atoms with Crippen molar-refractivity contribution < 1.29 is 17.9 Å². The van der Waals surface area contributed by atoms with E-state index in [-0.39, 0.29) is 12.4 Å². The molecule has 0 amide bonds.